The number of fused-ring (bicyclic) bond motifs is 1. The Kier molecular flexibility index (Phi) is 18.3. The number of nitrogens with zero attached hydrogens (tertiary/aromatic N) is 1. The minimum absolute atomic E-state index is 0.110. The largest absolute Gasteiger partial charge is 0.545 e. The normalized spacial score (nSPS) is 13.8. The van der Waals surface area contributed by atoms with Crippen molar-refractivity contribution in [1.29, 1.82) is 0 Å². The zero-order valence-electron chi connectivity index (χ0n) is 24.6. The molecule has 1 aliphatic rings. The maximum atomic E-state index is 10.6. The average Bonchev–Trinajstić information content (AvgIpc) is 2.87. The van der Waals surface area contributed by atoms with E-state index in [1.54, 1.807) is 6.08 Å². The maximum absolute atomic E-state index is 10.6. The van der Waals surface area contributed by atoms with Crippen LogP contribution in [0.5, 0.6) is 0 Å². The van der Waals surface area contributed by atoms with Gasteiger partial charge in [0.25, 0.3) is 0 Å². The van der Waals surface area contributed by atoms with Crippen molar-refractivity contribution in [3.8, 4) is 0 Å². The first-order valence-electron chi connectivity index (χ1n) is 15.3. The number of unbranched alkanes of at least 4 members (excludes halogenated alkanes) is 15. The van der Waals surface area contributed by atoms with Gasteiger partial charge in [-0.05, 0) is 49.0 Å². The van der Waals surface area contributed by atoms with Crippen molar-refractivity contribution < 1.29 is 19.8 Å². The van der Waals surface area contributed by atoms with Crippen LogP contribution in [-0.2, 0) is 11.2 Å². The average molecular weight is 516 g/mol. The van der Waals surface area contributed by atoms with Crippen molar-refractivity contribution in [2.75, 3.05) is 14.1 Å². The van der Waals surface area contributed by atoms with E-state index in [4.69, 9.17) is 0 Å². The summed E-state index contributed by atoms with van der Waals surface area (Å²) in [5.41, 5.74) is 2.62. The highest BCUT2D eigenvalue weighted by Gasteiger charge is 2.20. The lowest BCUT2D eigenvalue weighted by atomic mass is 9.92. The summed E-state index contributed by atoms with van der Waals surface area (Å²) in [6.45, 7) is 4.43. The number of carbonyl (C=O) groups is 1. The van der Waals surface area contributed by atoms with E-state index in [1.807, 2.05) is 38.4 Å². The molecular formula is C33H57NO3. The summed E-state index contributed by atoms with van der Waals surface area (Å²) in [7, 11) is 3.74. The van der Waals surface area contributed by atoms with Gasteiger partial charge in [-0.2, -0.15) is 4.65 Å². The first kappa shape index (κ1) is 33.4. The second-order valence-electron chi connectivity index (χ2n) is 11.6. The van der Waals surface area contributed by atoms with Crippen LogP contribution in [0.4, 0.5) is 0 Å². The van der Waals surface area contributed by atoms with Crippen LogP contribution in [0.1, 0.15) is 141 Å². The van der Waals surface area contributed by atoms with Gasteiger partial charge < -0.3 is 9.90 Å². The highest BCUT2D eigenvalue weighted by atomic mass is 16.5. The molecule has 4 heteroatoms. The van der Waals surface area contributed by atoms with E-state index in [2.05, 4.69) is 13.8 Å². The number of aryl methyl sites for hydroxylation is 1. The molecule has 0 radical (unpaired) electrons. The van der Waals surface area contributed by atoms with Crippen LogP contribution < -0.4 is 5.11 Å². The molecule has 1 N–H and O–H groups in total. The number of carbonyl (C=O) groups excluding carboxylic acids is 1. The molecule has 0 fully saturated rings. The maximum Gasteiger partial charge on any atom is 0.116 e. The molecule has 0 saturated carbocycles. The molecule has 1 atom stereocenters. The Labute approximate surface area is 228 Å². The summed E-state index contributed by atoms with van der Waals surface area (Å²) in [4.78, 5) is 10.6. The van der Waals surface area contributed by atoms with E-state index in [0.29, 0.717) is 18.0 Å². The number of benzene rings is 1. The van der Waals surface area contributed by atoms with Crippen LogP contribution in [0.3, 0.4) is 0 Å². The summed E-state index contributed by atoms with van der Waals surface area (Å²) >= 11 is 0. The highest BCUT2D eigenvalue weighted by molar-refractivity contribution is 5.91. The van der Waals surface area contributed by atoms with Gasteiger partial charge in [-0.15, -0.1) is 0 Å². The molecule has 0 heterocycles. The zero-order chi connectivity index (χ0) is 27.4. The van der Waals surface area contributed by atoms with Gasteiger partial charge in [0, 0.05) is 6.42 Å². The van der Waals surface area contributed by atoms with Crippen LogP contribution in [-0.4, -0.2) is 36.0 Å². The van der Waals surface area contributed by atoms with Crippen molar-refractivity contribution in [2.45, 2.75) is 142 Å². The van der Waals surface area contributed by atoms with Gasteiger partial charge in [0.1, 0.15) is 6.04 Å². The Balaban J connectivity index is 0.000000435. The van der Waals surface area contributed by atoms with Crippen LogP contribution in [0.2, 0.25) is 0 Å². The van der Waals surface area contributed by atoms with Crippen molar-refractivity contribution >= 4 is 12.0 Å². The number of hydrogen-bond donors (Lipinski definition) is 1. The van der Waals surface area contributed by atoms with Gasteiger partial charge in [0.2, 0.25) is 0 Å². The number of aliphatic carboxylic acids is 1. The fourth-order valence-electron chi connectivity index (χ4n) is 4.90. The summed E-state index contributed by atoms with van der Waals surface area (Å²) in [5, 5.41) is 20.4. The van der Waals surface area contributed by atoms with E-state index >= 15 is 0 Å². The minimum atomic E-state index is -1.05. The molecule has 0 spiro atoms. The first-order chi connectivity index (χ1) is 17.8. The van der Waals surface area contributed by atoms with Gasteiger partial charge in [-0.25, -0.2) is 5.21 Å². The Morgan fingerprint density at radius 2 is 1.27 bits per heavy atom. The van der Waals surface area contributed by atoms with Crippen molar-refractivity contribution in [1.82, 2.24) is 0 Å². The van der Waals surface area contributed by atoms with Crippen LogP contribution >= 0.6 is 0 Å². The molecule has 37 heavy (non-hydrogen) atoms. The summed E-state index contributed by atoms with van der Waals surface area (Å²) in [6.07, 6.45) is 26.9. The monoisotopic (exact) mass is 515 g/mol. The predicted octanol–water partition coefficient (Wildman–Crippen LogP) is 8.26. The lowest BCUT2D eigenvalue weighted by Gasteiger charge is -2.27. The third kappa shape index (κ3) is 16.7. The second-order valence-corrected chi connectivity index (χ2v) is 11.6. The molecule has 1 unspecified atom stereocenters. The Morgan fingerprint density at radius 3 is 1.73 bits per heavy atom. The van der Waals surface area contributed by atoms with Gasteiger partial charge in [0.05, 0.1) is 20.1 Å². The molecule has 4 nitrogen and oxygen atoms in total. The standard InChI is InChI=1S/C22H48NO.C11H10O2/c1-5-6-7-8-9-10-11-12-13-14-15-16-17-18-19-20-21-22(2)23(3,4)24;12-11(13)10-6-5-8-3-1-2-4-9(8)7-10/h22,24H,5-21H2,1-4H3;1-4,7H,5-6H2,(H,12,13)/q+1;/p-1. The second kappa shape index (κ2) is 20.3. The molecule has 1 aliphatic carbocycles. The molecule has 2 rings (SSSR count). The number of hydrogen-bond acceptors (Lipinski definition) is 3. The van der Waals surface area contributed by atoms with Crippen molar-refractivity contribution in [3.63, 3.8) is 0 Å². The number of hydroxylamine groups is 3. The number of rotatable bonds is 19. The molecule has 0 bridgehead atoms. The van der Waals surface area contributed by atoms with E-state index in [0.717, 1.165) is 18.4 Å². The Morgan fingerprint density at radius 1 is 0.811 bits per heavy atom. The number of carboxylic acids is 1. The minimum Gasteiger partial charge on any atom is -0.545 e. The van der Waals surface area contributed by atoms with Crippen LogP contribution in [0, 0.1) is 0 Å². The fourth-order valence-corrected chi connectivity index (χ4v) is 4.90. The smallest absolute Gasteiger partial charge is 0.116 e. The van der Waals surface area contributed by atoms with E-state index in [1.165, 1.54) is 108 Å². The van der Waals surface area contributed by atoms with Gasteiger partial charge in [0.15, 0.2) is 0 Å². The molecule has 212 valence electrons. The summed E-state index contributed by atoms with van der Waals surface area (Å²) in [5.74, 6) is -1.05. The molecular weight excluding hydrogens is 458 g/mol. The molecule has 0 aromatic heterocycles. The van der Waals surface area contributed by atoms with E-state index in [9.17, 15) is 15.1 Å². The Bertz CT molecular complexity index is 750. The quantitative estimate of drug-likeness (QED) is 0.115. The lowest BCUT2D eigenvalue weighted by Crippen LogP contribution is -2.43. The first-order valence-corrected chi connectivity index (χ1v) is 15.3. The molecule has 1 aromatic carbocycles. The van der Waals surface area contributed by atoms with Gasteiger partial charge in [-0.1, -0.05) is 128 Å². The van der Waals surface area contributed by atoms with Gasteiger partial charge >= 0.3 is 0 Å². The predicted molar refractivity (Wildman–Crippen MR) is 155 cm³/mol. The summed E-state index contributed by atoms with van der Waals surface area (Å²) in [6, 6.07) is 8.19. The summed E-state index contributed by atoms with van der Waals surface area (Å²) < 4.78 is 0.110. The molecule has 0 aliphatic heterocycles. The van der Waals surface area contributed by atoms with Crippen LogP contribution in [0.25, 0.3) is 6.08 Å². The zero-order valence-corrected chi connectivity index (χ0v) is 24.6. The highest BCUT2D eigenvalue weighted by Crippen LogP contribution is 2.23. The van der Waals surface area contributed by atoms with E-state index < -0.39 is 5.97 Å². The fraction of sp³-hybridized carbons (Fsp3) is 0.727. The molecule has 1 aromatic rings. The van der Waals surface area contributed by atoms with Crippen LogP contribution in [0.15, 0.2) is 29.8 Å². The van der Waals surface area contributed by atoms with Gasteiger partial charge in [-0.3, -0.25) is 0 Å². The topological polar surface area (TPSA) is 60.4 Å². The van der Waals surface area contributed by atoms with Crippen molar-refractivity contribution in [3.05, 3.63) is 41.0 Å². The SMILES string of the molecule is CCCCCCCCCCCCCCCCCCC(C)[N+](C)(C)O.O=C([O-])C1=Cc2ccccc2CC1. The number of carboxylic acid groups (broad SMARTS) is 1. The molecule has 0 saturated heterocycles. The number of quaternary nitrogens is 1. The third-order valence-electron chi connectivity index (χ3n) is 7.86. The van der Waals surface area contributed by atoms with Crippen molar-refractivity contribution in [2.24, 2.45) is 0 Å². The Hall–Kier alpha value is -1.65. The third-order valence-corrected chi connectivity index (χ3v) is 7.86. The lowest BCUT2D eigenvalue weighted by molar-refractivity contribution is -1.09. The molecule has 0 amide bonds. The van der Waals surface area contributed by atoms with E-state index in [-0.39, 0.29) is 4.65 Å².